The molecule has 0 spiro atoms. The molecule has 0 saturated heterocycles. The van der Waals surface area contributed by atoms with Crippen LogP contribution in [0.15, 0.2) is 47.7 Å². The molecule has 0 aromatic heterocycles. The van der Waals surface area contributed by atoms with Crippen molar-refractivity contribution < 1.29 is 27.5 Å². The molecule has 0 radical (unpaired) electrons. The van der Waals surface area contributed by atoms with Crippen molar-refractivity contribution in [3.8, 4) is 0 Å². The number of carbonyl (C=O) groups is 1. The van der Waals surface area contributed by atoms with Gasteiger partial charge in [-0.05, 0) is 59.1 Å². The molecule has 164 valence electrons. The van der Waals surface area contributed by atoms with E-state index in [4.69, 9.17) is 28.0 Å². The van der Waals surface area contributed by atoms with Crippen LogP contribution < -0.4 is 5.48 Å². The van der Waals surface area contributed by atoms with Gasteiger partial charge in [-0.25, -0.2) is 4.79 Å². The van der Waals surface area contributed by atoms with Gasteiger partial charge in [0.05, 0.1) is 12.8 Å². The van der Waals surface area contributed by atoms with Crippen LogP contribution in [0.4, 0.5) is 13.2 Å². The maximum absolute atomic E-state index is 14.1. The normalized spacial score (nSPS) is 19.4. The maximum atomic E-state index is 14.1. The summed E-state index contributed by atoms with van der Waals surface area (Å²) in [4.78, 5) is 27.8. The zero-order chi connectivity index (χ0) is 23.0. The minimum absolute atomic E-state index is 0.0204. The predicted octanol–water partition coefficient (Wildman–Crippen LogP) is 5.62. The molecule has 0 fully saturated rings. The number of hydroxylamine groups is 1. The fraction of sp³-hybridized carbons (Fsp3) is 0.250. The van der Waals surface area contributed by atoms with Crippen LogP contribution in [0.3, 0.4) is 0 Å². The molecule has 1 N–H and O–H groups in total. The molecule has 0 aliphatic carbocycles. The quantitative estimate of drug-likeness (QED) is 0.449. The van der Waals surface area contributed by atoms with Crippen molar-refractivity contribution in [2.24, 2.45) is 5.18 Å². The summed E-state index contributed by atoms with van der Waals surface area (Å²) in [5.41, 5.74) is 0.252. The number of esters is 1. The minimum Gasteiger partial charge on any atom is -0.467 e. The molecule has 0 bridgehead atoms. The highest BCUT2D eigenvalue weighted by molar-refractivity contribution is 6.34. The van der Waals surface area contributed by atoms with E-state index in [1.165, 1.54) is 24.3 Å². The zero-order valence-corrected chi connectivity index (χ0v) is 17.6. The van der Waals surface area contributed by atoms with Gasteiger partial charge in [0.1, 0.15) is 0 Å². The topological polar surface area (TPSA) is 77.0 Å². The number of benzene rings is 2. The molecule has 1 heterocycles. The lowest BCUT2D eigenvalue weighted by Gasteiger charge is -2.28. The summed E-state index contributed by atoms with van der Waals surface area (Å²) in [7, 11) is 1.12. The molecule has 2 aromatic rings. The third kappa shape index (κ3) is 4.26. The number of methoxy groups -OCH3 is 1. The minimum atomic E-state index is -4.85. The number of alkyl halides is 3. The maximum Gasteiger partial charge on any atom is 0.428 e. The van der Waals surface area contributed by atoms with Gasteiger partial charge in [-0.3, -0.25) is 10.3 Å². The van der Waals surface area contributed by atoms with E-state index in [1.807, 2.05) is 0 Å². The second kappa shape index (κ2) is 8.49. The number of ether oxygens (including phenoxy) is 1. The lowest BCUT2D eigenvalue weighted by Crippen LogP contribution is -2.42. The van der Waals surface area contributed by atoms with Crippen LogP contribution in [-0.4, -0.2) is 19.3 Å². The van der Waals surface area contributed by atoms with Crippen LogP contribution in [0.5, 0.6) is 0 Å². The average molecular weight is 475 g/mol. The smallest absolute Gasteiger partial charge is 0.428 e. The highest BCUT2D eigenvalue weighted by Crippen LogP contribution is 2.48. The van der Waals surface area contributed by atoms with E-state index in [1.54, 1.807) is 6.92 Å². The van der Waals surface area contributed by atoms with Crippen molar-refractivity contribution >= 4 is 34.9 Å². The Bertz CT molecular complexity index is 1050. The number of hydrogen-bond acceptors (Lipinski definition) is 6. The molecule has 6 nitrogen and oxygen atoms in total. The van der Waals surface area contributed by atoms with E-state index < -0.39 is 23.8 Å². The van der Waals surface area contributed by atoms with E-state index >= 15 is 0 Å². The van der Waals surface area contributed by atoms with Crippen molar-refractivity contribution in [1.29, 1.82) is 0 Å². The largest absolute Gasteiger partial charge is 0.467 e. The second-order valence-corrected chi connectivity index (χ2v) is 7.63. The number of aryl methyl sites for hydroxylation is 1. The molecule has 1 aliphatic heterocycles. The number of rotatable bonds is 5. The molecule has 3 rings (SSSR count). The van der Waals surface area contributed by atoms with E-state index in [0.29, 0.717) is 11.1 Å². The molecule has 31 heavy (non-hydrogen) atoms. The third-order valence-electron chi connectivity index (χ3n) is 4.79. The van der Waals surface area contributed by atoms with Crippen molar-refractivity contribution in [3.63, 3.8) is 0 Å². The van der Waals surface area contributed by atoms with Crippen LogP contribution >= 0.6 is 23.2 Å². The van der Waals surface area contributed by atoms with Crippen LogP contribution in [0.1, 0.15) is 28.3 Å². The van der Waals surface area contributed by atoms with E-state index in [2.05, 4.69) is 15.4 Å². The first-order valence-corrected chi connectivity index (χ1v) is 9.49. The van der Waals surface area contributed by atoms with Crippen molar-refractivity contribution in [1.82, 2.24) is 5.48 Å². The Labute approximate surface area is 184 Å². The van der Waals surface area contributed by atoms with E-state index in [9.17, 15) is 22.9 Å². The van der Waals surface area contributed by atoms with Crippen LogP contribution in [-0.2, 0) is 20.0 Å². The van der Waals surface area contributed by atoms with Crippen molar-refractivity contribution in [2.45, 2.75) is 24.7 Å². The average Bonchev–Trinajstić information content (AvgIpc) is 3.15. The number of nitroso groups, excluding NO2 is 1. The molecule has 2 unspecified atom stereocenters. The van der Waals surface area contributed by atoms with Gasteiger partial charge in [-0.1, -0.05) is 35.3 Å². The monoisotopic (exact) mass is 474 g/mol. The fourth-order valence-electron chi connectivity index (χ4n) is 3.24. The Kier molecular flexibility index (Phi) is 6.31. The van der Waals surface area contributed by atoms with Gasteiger partial charge in [0.15, 0.2) is 0 Å². The number of carbonyl (C=O) groups excluding carboxylic acids is 1. The van der Waals surface area contributed by atoms with Crippen LogP contribution in [0.2, 0.25) is 10.0 Å². The lowest BCUT2D eigenvalue weighted by atomic mass is 9.91. The van der Waals surface area contributed by atoms with E-state index in [0.717, 1.165) is 25.3 Å². The highest BCUT2D eigenvalue weighted by Gasteiger charge is 2.59. The first kappa shape index (κ1) is 23.1. The zero-order valence-electron chi connectivity index (χ0n) is 16.1. The molecular weight excluding hydrogens is 460 g/mol. The number of halogens is 5. The molecule has 2 atom stereocenters. The number of hydrogen-bond donors (Lipinski definition) is 1. The van der Waals surface area contributed by atoms with Gasteiger partial charge in [-0.15, -0.1) is 4.91 Å². The summed E-state index contributed by atoms with van der Waals surface area (Å²) in [6.07, 6.45) is -3.97. The molecule has 0 amide bonds. The van der Waals surface area contributed by atoms with Gasteiger partial charge in [0.25, 0.3) is 0 Å². The molecule has 11 heteroatoms. The SMILES string of the molecule is COC(=O)C(N=O)c1ccc(C2=CC(c3cc(Cl)cc(Cl)c3)(C(F)(F)F)ON2)cc1C. The molecule has 0 saturated carbocycles. The summed E-state index contributed by atoms with van der Waals surface area (Å²) in [5, 5.41) is 2.82. The van der Waals surface area contributed by atoms with Gasteiger partial charge < -0.3 is 4.74 Å². The third-order valence-corrected chi connectivity index (χ3v) is 5.22. The van der Waals surface area contributed by atoms with Crippen molar-refractivity contribution in [2.75, 3.05) is 7.11 Å². The Morgan fingerprint density at radius 1 is 1.19 bits per heavy atom. The Morgan fingerprint density at radius 3 is 2.35 bits per heavy atom. The van der Waals surface area contributed by atoms with Crippen LogP contribution in [0, 0.1) is 11.8 Å². The number of nitrogens with one attached hydrogen (secondary N) is 1. The first-order valence-electron chi connectivity index (χ1n) is 8.74. The second-order valence-electron chi connectivity index (χ2n) is 6.76. The summed E-state index contributed by atoms with van der Waals surface area (Å²) in [6.45, 7) is 1.59. The van der Waals surface area contributed by atoms with Gasteiger partial charge in [-0.2, -0.15) is 13.2 Å². The van der Waals surface area contributed by atoms with Gasteiger partial charge in [0.2, 0.25) is 11.6 Å². The highest BCUT2D eigenvalue weighted by atomic mass is 35.5. The van der Waals surface area contributed by atoms with Gasteiger partial charge in [0, 0.05) is 15.6 Å². The Morgan fingerprint density at radius 2 is 1.84 bits per heavy atom. The molecule has 1 aliphatic rings. The molecule has 2 aromatic carbocycles. The van der Waals surface area contributed by atoms with Gasteiger partial charge >= 0.3 is 12.1 Å². The first-order chi connectivity index (χ1) is 14.5. The van der Waals surface area contributed by atoms with Crippen molar-refractivity contribution in [3.05, 3.63) is 79.7 Å². The standard InChI is InChI=1S/C20H15Cl2F3N2O4/c1-10-5-11(3-4-15(10)17(26-29)18(28)30-2)16-9-19(31-27-16,20(23,24)25)12-6-13(21)8-14(22)7-12/h3-9,17,27H,1-2H3. The summed E-state index contributed by atoms with van der Waals surface area (Å²) >= 11 is 11.8. The Balaban J connectivity index is 2.07. The summed E-state index contributed by atoms with van der Waals surface area (Å²) < 4.78 is 46.8. The van der Waals surface area contributed by atoms with Crippen LogP contribution in [0.25, 0.3) is 5.70 Å². The lowest BCUT2D eigenvalue weighted by molar-refractivity contribution is -0.269. The summed E-state index contributed by atoms with van der Waals surface area (Å²) in [5.74, 6) is -0.846. The number of nitrogens with zero attached hydrogens (tertiary/aromatic N) is 1. The molecular formula is C20H15Cl2F3N2O4. The Hall–Kier alpha value is -2.62. The predicted molar refractivity (Wildman–Crippen MR) is 108 cm³/mol. The van der Waals surface area contributed by atoms with E-state index in [-0.39, 0.29) is 26.9 Å². The fourth-order valence-corrected chi connectivity index (χ4v) is 3.77. The summed E-state index contributed by atoms with van der Waals surface area (Å²) in [6, 6.07) is 6.51.